The van der Waals surface area contributed by atoms with Gasteiger partial charge in [-0.05, 0) is 12.1 Å². The van der Waals surface area contributed by atoms with E-state index in [2.05, 4.69) is 9.97 Å². The van der Waals surface area contributed by atoms with Crippen LogP contribution in [-0.2, 0) is 0 Å². The van der Waals surface area contributed by atoms with Crippen molar-refractivity contribution in [1.29, 1.82) is 0 Å². The number of rotatable bonds is 4. The van der Waals surface area contributed by atoms with Crippen molar-refractivity contribution >= 4 is 17.3 Å². The Kier molecular flexibility index (Phi) is 3.91. The number of hydrogen-bond donors (Lipinski definition) is 1. The Hall–Kier alpha value is -2.21. The molecule has 0 amide bonds. The minimum atomic E-state index is 0.154. The highest BCUT2D eigenvalue weighted by molar-refractivity contribution is 6.31. The van der Waals surface area contributed by atoms with Crippen molar-refractivity contribution < 1.29 is 14.2 Å². The summed E-state index contributed by atoms with van der Waals surface area (Å²) in [6.45, 7) is 0. The van der Waals surface area contributed by atoms with Gasteiger partial charge in [0.15, 0.2) is 5.75 Å². The highest BCUT2D eigenvalue weighted by atomic mass is 35.5. The summed E-state index contributed by atoms with van der Waals surface area (Å²) in [5.74, 6) is 1.16. The average molecular weight is 282 g/mol. The van der Waals surface area contributed by atoms with Crippen LogP contribution in [0.3, 0.4) is 0 Å². The van der Waals surface area contributed by atoms with Crippen molar-refractivity contribution in [2.45, 2.75) is 0 Å². The van der Waals surface area contributed by atoms with Crippen LogP contribution < -0.4 is 19.9 Å². The van der Waals surface area contributed by atoms with E-state index in [4.69, 9.17) is 31.5 Å². The number of aromatic nitrogens is 2. The third-order valence-corrected chi connectivity index (χ3v) is 2.56. The molecule has 1 aromatic heterocycles. The molecule has 0 fully saturated rings. The average Bonchev–Trinajstić information content (AvgIpc) is 2.43. The summed E-state index contributed by atoms with van der Waals surface area (Å²) in [6, 6.07) is 5.19. The highest BCUT2D eigenvalue weighted by Gasteiger charge is 2.11. The van der Waals surface area contributed by atoms with Crippen molar-refractivity contribution in [3.63, 3.8) is 0 Å². The second-order valence-corrected chi connectivity index (χ2v) is 3.92. The largest absolute Gasteiger partial charge is 0.497 e. The van der Waals surface area contributed by atoms with Crippen LogP contribution in [-0.4, -0.2) is 24.2 Å². The lowest BCUT2D eigenvalue weighted by Crippen LogP contribution is -1.98. The number of benzene rings is 1. The lowest BCUT2D eigenvalue weighted by atomic mass is 10.3. The molecule has 0 aliphatic heterocycles. The molecule has 7 heteroatoms. The molecular weight excluding hydrogens is 270 g/mol. The van der Waals surface area contributed by atoms with E-state index in [1.165, 1.54) is 13.3 Å². The Morgan fingerprint density at radius 3 is 2.68 bits per heavy atom. The molecule has 19 heavy (non-hydrogen) atoms. The molecule has 0 bridgehead atoms. The predicted octanol–water partition coefficient (Wildman–Crippen LogP) is 2.52. The van der Waals surface area contributed by atoms with Crippen LogP contribution in [0.1, 0.15) is 0 Å². The monoisotopic (exact) mass is 281 g/mol. The Labute approximate surface area is 115 Å². The van der Waals surface area contributed by atoms with E-state index in [-0.39, 0.29) is 16.9 Å². The first-order valence-electron chi connectivity index (χ1n) is 5.32. The summed E-state index contributed by atoms with van der Waals surface area (Å²) in [5, 5.41) is 0.253. The van der Waals surface area contributed by atoms with Crippen LogP contribution in [0.4, 0.5) is 5.69 Å². The summed E-state index contributed by atoms with van der Waals surface area (Å²) in [5.41, 5.74) is 6.25. The number of hydrogen-bond acceptors (Lipinski definition) is 6. The molecule has 2 aromatic rings. The molecule has 1 heterocycles. The standard InChI is InChI=1S/C12H12ClN3O3/c1-17-7-3-4-9(14)10(5-7)19-11-8(13)6-15-12(16-11)18-2/h3-6H,14H2,1-2H3. The molecule has 2 N–H and O–H groups in total. The fourth-order valence-electron chi connectivity index (χ4n) is 1.34. The number of halogens is 1. The molecule has 100 valence electrons. The van der Waals surface area contributed by atoms with Gasteiger partial charge in [-0.2, -0.15) is 4.98 Å². The van der Waals surface area contributed by atoms with Gasteiger partial charge in [0, 0.05) is 6.07 Å². The van der Waals surface area contributed by atoms with Crippen LogP contribution >= 0.6 is 11.6 Å². The van der Waals surface area contributed by atoms with Crippen molar-refractivity contribution in [1.82, 2.24) is 9.97 Å². The minimum Gasteiger partial charge on any atom is -0.497 e. The number of nitrogens with two attached hydrogens (primary N) is 1. The Bertz CT molecular complexity index is 541. The molecule has 0 unspecified atom stereocenters. The van der Waals surface area contributed by atoms with Gasteiger partial charge < -0.3 is 19.9 Å². The maximum atomic E-state index is 5.95. The van der Waals surface area contributed by atoms with Crippen LogP contribution in [0, 0.1) is 0 Å². The van der Waals surface area contributed by atoms with Gasteiger partial charge >= 0.3 is 6.01 Å². The fraction of sp³-hybridized carbons (Fsp3) is 0.167. The molecule has 0 aliphatic carbocycles. The third kappa shape index (κ3) is 2.97. The van der Waals surface area contributed by atoms with Gasteiger partial charge in [-0.1, -0.05) is 11.6 Å². The molecule has 0 saturated carbocycles. The van der Waals surface area contributed by atoms with Gasteiger partial charge in [-0.15, -0.1) is 0 Å². The van der Waals surface area contributed by atoms with Crippen molar-refractivity contribution in [3.05, 3.63) is 29.4 Å². The van der Waals surface area contributed by atoms with Gasteiger partial charge in [0.05, 0.1) is 26.1 Å². The van der Waals surface area contributed by atoms with E-state index in [1.807, 2.05) is 0 Å². The van der Waals surface area contributed by atoms with E-state index in [0.717, 1.165) is 0 Å². The van der Waals surface area contributed by atoms with Crippen molar-refractivity contribution in [3.8, 4) is 23.4 Å². The lowest BCUT2D eigenvalue weighted by Gasteiger charge is -2.10. The Morgan fingerprint density at radius 2 is 2.00 bits per heavy atom. The second-order valence-electron chi connectivity index (χ2n) is 3.52. The minimum absolute atomic E-state index is 0.154. The van der Waals surface area contributed by atoms with E-state index >= 15 is 0 Å². The molecular formula is C12H12ClN3O3. The molecule has 6 nitrogen and oxygen atoms in total. The Morgan fingerprint density at radius 1 is 1.21 bits per heavy atom. The van der Waals surface area contributed by atoms with E-state index in [0.29, 0.717) is 17.2 Å². The number of ether oxygens (including phenoxy) is 3. The van der Waals surface area contributed by atoms with Gasteiger partial charge in [-0.25, -0.2) is 4.98 Å². The predicted molar refractivity (Wildman–Crippen MR) is 71.1 cm³/mol. The fourth-order valence-corrected chi connectivity index (χ4v) is 1.47. The zero-order valence-corrected chi connectivity index (χ0v) is 11.1. The molecule has 0 saturated heterocycles. The first-order chi connectivity index (χ1) is 9.13. The lowest BCUT2D eigenvalue weighted by molar-refractivity contribution is 0.365. The first kappa shape index (κ1) is 13.2. The molecule has 2 rings (SSSR count). The van der Waals surface area contributed by atoms with E-state index < -0.39 is 0 Å². The summed E-state index contributed by atoms with van der Waals surface area (Å²) < 4.78 is 15.6. The summed E-state index contributed by atoms with van der Waals surface area (Å²) in [7, 11) is 3.00. The van der Waals surface area contributed by atoms with Crippen molar-refractivity contribution in [2.24, 2.45) is 0 Å². The summed E-state index contributed by atoms with van der Waals surface area (Å²) in [4.78, 5) is 7.85. The number of nitrogen functional groups attached to an aromatic ring is 1. The highest BCUT2D eigenvalue weighted by Crippen LogP contribution is 2.33. The van der Waals surface area contributed by atoms with Gasteiger partial charge in [-0.3, -0.25) is 0 Å². The van der Waals surface area contributed by atoms with E-state index in [1.54, 1.807) is 25.3 Å². The van der Waals surface area contributed by atoms with Crippen LogP contribution in [0.25, 0.3) is 0 Å². The molecule has 0 atom stereocenters. The number of methoxy groups -OCH3 is 2. The van der Waals surface area contributed by atoms with Gasteiger partial charge in [0.25, 0.3) is 0 Å². The normalized spacial score (nSPS) is 10.1. The topological polar surface area (TPSA) is 79.5 Å². The third-order valence-electron chi connectivity index (χ3n) is 2.30. The summed E-state index contributed by atoms with van der Waals surface area (Å²) >= 11 is 5.95. The van der Waals surface area contributed by atoms with Gasteiger partial charge in [0.1, 0.15) is 10.8 Å². The summed E-state index contributed by atoms with van der Waals surface area (Å²) in [6.07, 6.45) is 1.39. The maximum Gasteiger partial charge on any atom is 0.319 e. The molecule has 0 radical (unpaired) electrons. The van der Waals surface area contributed by atoms with Crippen LogP contribution in [0.5, 0.6) is 23.4 Å². The molecule has 0 spiro atoms. The Balaban J connectivity index is 2.35. The zero-order chi connectivity index (χ0) is 13.8. The van der Waals surface area contributed by atoms with Gasteiger partial charge in [0.2, 0.25) is 5.88 Å². The van der Waals surface area contributed by atoms with E-state index in [9.17, 15) is 0 Å². The SMILES string of the molecule is COc1ccc(N)c(Oc2nc(OC)ncc2Cl)c1. The molecule has 0 aliphatic rings. The maximum absolute atomic E-state index is 5.95. The zero-order valence-electron chi connectivity index (χ0n) is 10.4. The quantitative estimate of drug-likeness (QED) is 0.868. The molecule has 1 aromatic carbocycles. The number of anilines is 1. The smallest absolute Gasteiger partial charge is 0.319 e. The van der Waals surface area contributed by atoms with Crippen molar-refractivity contribution in [2.75, 3.05) is 20.0 Å². The first-order valence-corrected chi connectivity index (χ1v) is 5.69. The number of nitrogens with zero attached hydrogens (tertiary/aromatic N) is 2. The second kappa shape index (κ2) is 5.62. The van der Waals surface area contributed by atoms with Crippen LogP contribution in [0.15, 0.2) is 24.4 Å². The van der Waals surface area contributed by atoms with Crippen LogP contribution in [0.2, 0.25) is 5.02 Å².